The molecule has 9 nitrogen and oxygen atoms in total. The van der Waals surface area contributed by atoms with Crippen LogP contribution in [0.3, 0.4) is 0 Å². The average Bonchev–Trinajstić information content (AvgIpc) is 3.45. The fourth-order valence-electron chi connectivity index (χ4n) is 9.98. The second-order valence-corrected chi connectivity index (χ2v) is 13.5. The molecule has 218 valence electrons. The number of rotatable bonds is 5. The quantitative estimate of drug-likeness (QED) is 0.269. The van der Waals surface area contributed by atoms with E-state index in [1.165, 1.54) is 0 Å². The minimum atomic E-state index is -1.21. The lowest BCUT2D eigenvalue weighted by molar-refractivity contribution is -0.287. The van der Waals surface area contributed by atoms with Crippen molar-refractivity contribution in [2.75, 3.05) is 13.7 Å². The zero-order valence-corrected chi connectivity index (χ0v) is 23.3. The molecule has 0 amide bonds. The van der Waals surface area contributed by atoms with Crippen LogP contribution in [-0.4, -0.2) is 83.2 Å². The molecule has 3 N–H and O–H groups in total. The lowest BCUT2D eigenvalue weighted by Crippen LogP contribution is -2.69. The van der Waals surface area contributed by atoms with E-state index in [-0.39, 0.29) is 35.9 Å². The van der Waals surface area contributed by atoms with Crippen LogP contribution in [0.2, 0.25) is 0 Å². The number of methoxy groups -OCH3 is 1. The summed E-state index contributed by atoms with van der Waals surface area (Å²) in [6, 6.07) is 0. The van der Waals surface area contributed by atoms with Crippen LogP contribution in [0.25, 0.3) is 0 Å². The lowest BCUT2D eigenvalue weighted by atomic mass is 9.41. The number of hydrogen-bond acceptors (Lipinski definition) is 9. The van der Waals surface area contributed by atoms with Crippen LogP contribution >= 0.6 is 0 Å². The highest BCUT2D eigenvalue weighted by atomic mass is 16.7. The zero-order valence-electron chi connectivity index (χ0n) is 23.3. The third-order valence-electron chi connectivity index (χ3n) is 12.1. The van der Waals surface area contributed by atoms with Crippen molar-refractivity contribution in [2.45, 2.75) is 120 Å². The predicted molar refractivity (Wildman–Crippen MR) is 138 cm³/mol. The van der Waals surface area contributed by atoms with E-state index in [0.29, 0.717) is 51.6 Å². The molecule has 0 aromatic carbocycles. The number of esters is 1. The monoisotopic (exact) mass is 548 g/mol. The number of cyclic esters (lactones) is 1. The maximum Gasteiger partial charge on any atom is 0.331 e. The smallest absolute Gasteiger partial charge is 0.331 e. The molecule has 0 radical (unpaired) electrons. The van der Waals surface area contributed by atoms with E-state index in [1.807, 2.05) is 0 Å². The summed E-state index contributed by atoms with van der Waals surface area (Å²) >= 11 is 0. The summed E-state index contributed by atoms with van der Waals surface area (Å²) in [4.78, 5) is 24.8. The average molecular weight is 549 g/mol. The molecule has 1 saturated heterocycles. The first kappa shape index (κ1) is 27.8. The van der Waals surface area contributed by atoms with Crippen LogP contribution in [0.5, 0.6) is 0 Å². The van der Waals surface area contributed by atoms with Gasteiger partial charge in [-0.3, -0.25) is 0 Å². The molecule has 12 atom stereocenters. The minimum absolute atomic E-state index is 0.0827. The largest absolute Gasteiger partial charge is 0.458 e. The Hall–Kier alpha value is -1.36. The second-order valence-electron chi connectivity index (χ2n) is 13.5. The highest BCUT2D eigenvalue weighted by Gasteiger charge is 2.71. The molecular formula is C30H44O9. The van der Waals surface area contributed by atoms with Gasteiger partial charge in [-0.1, -0.05) is 6.92 Å². The molecule has 5 fully saturated rings. The fourth-order valence-corrected chi connectivity index (χ4v) is 9.98. The molecule has 0 bridgehead atoms. The summed E-state index contributed by atoms with van der Waals surface area (Å²) in [6.45, 7) is 4.25. The van der Waals surface area contributed by atoms with Gasteiger partial charge in [-0.25, -0.2) is 4.79 Å². The molecule has 0 unspecified atom stereocenters. The summed E-state index contributed by atoms with van der Waals surface area (Å²) in [6.07, 6.45) is 6.10. The normalized spacial score (nSPS) is 53.3. The Morgan fingerprint density at radius 2 is 1.85 bits per heavy atom. The van der Waals surface area contributed by atoms with Gasteiger partial charge >= 0.3 is 5.97 Å². The first-order valence-electron chi connectivity index (χ1n) is 14.8. The number of fused-ring (bicyclic) bond motifs is 5. The van der Waals surface area contributed by atoms with E-state index in [2.05, 4.69) is 6.92 Å². The van der Waals surface area contributed by atoms with Crippen molar-refractivity contribution in [2.24, 2.45) is 28.6 Å². The zero-order chi connectivity index (χ0) is 27.8. The molecule has 0 aromatic heterocycles. The van der Waals surface area contributed by atoms with Gasteiger partial charge in [0, 0.05) is 31.4 Å². The molecule has 0 spiro atoms. The molecule has 4 aliphatic carbocycles. The van der Waals surface area contributed by atoms with Crippen LogP contribution < -0.4 is 0 Å². The molecule has 9 heteroatoms. The fraction of sp³-hybridized carbons (Fsp3) is 0.867. The van der Waals surface area contributed by atoms with Gasteiger partial charge in [-0.2, -0.15) is 0 Å². The highest BCUT2D eigenvalue weighted by molar-refractivity contribution is 5.85. The molecular weight excluding hydrogens is 504 g/mol. The number of carbonyl (C=O) groups is 2. The van der Waals surface area contributed by atoms with E-state index in [0.717, 1.165) is 31.1 Å². The van der Waals surface area contributed by atoms with Gasteiger partial charge in [-0.15, -0.1) is 0 Å². The van der Waals surface area contributed by atoms with Gasteiger partial charge in [0.1, 0.15) is 19.0 Å². The van der Waals surface area contributed by atoms with Crippen LogP contribution in [0.1, 0.15) is 78.1 Å². The van der Waals surface area contributed by atoms with Gasteiger partial charge in [0.15, 0.2) is 6.29 Å². The standard InChI is InChI=1S/C30H44O9/c1-17-26(33)23(36-3)13-25(38-17)39-19-4-9-28(16-31)21-5-8-27(2)20(18-12-24(32)37-15-18)7-11-30(27,35)22(21)6-10-29(28,34)14-19/h12,16-17,19-23,25-26,33-35H,4-11,13-15H2,1-3H3/t17-,19+,20-,21+,22-,23-,25+,26-,27-,28+,29+,30-/m1/s1. The van der Waals surface area contributed by atoms with Crippen LogP contribution in [0.15, 0.2) is 11.6 Å². The summed E-state index contributed by atoms with van der Waals surface area (Å²) in [5.41, 5.74) is -2.52. The first-order valence-corrected chi connectivity index (χ1v) is 14.8. The molecule has 39 heavy (non-hydrogen) atoms. The number of ether oxygens (including phenoxy) is 4. The maximum absolute atomic E-state index is 13.0. The Labute approximate surface area is 230 Å². The minimum Gasteiger partial charge on any atom is -0.458 e. The highest BCUT2D eigenvalue weighted by Crippen LogP contribution is 2.70. The molecule has 6 aliphatic rings. The SMILES string of the molecule is CO[C@@H]1C[C@H](O[C@H]2CC[C@]3(C=O)[C@H]4CC[C@]5(C)[C@@H](C6=CC(=O)OC6)CC[C@@]5(O)[C@@H]4CC[C@]3(O)C2)O[C@H](C)[C@H]1O. The van der Waals surface area contributed by atoms with Gasteiger partial charge in [0.25, 0.3) is 0 Å². The van der Waals surface area contributed by atoms with E-state index >= 15 is 0 Å². The van der Waals surface area contributed by atoms with Crippen molar-refractivity contribution < 1.29 is 43.9 Å². The topological polar surface area (TPSA) is 132 Å². The Morgan fingerprint density at radius 1 is 1.08 bits per heavy atom. The molecule has 2 aliphatic heterocycles. The van der Waals surface area contributed by atoms with Gasteiger partial charge in [0.05, 0.1) is 34.9 Å². The van der Waals surface area contributed by atoms with Gasteiger partial charge < -0.3 is 39.1 Å². The van der Waals surface area contributed by atoms with Crippen molar-refractivity contribution in [1.29, 1.82) is 0 Å². The third kappa shape index (κ3) is 3.94. The first-order chi connectivity index (χ1) is 18.5. The number of aldehydes is 1. The van der Waals surface area contributed by atoms with Gasteiger partial charge in [0.2, 0.25) is 0 Å². The number of aliphatic hydroxyl groups excluding tert-OH is 1. The van der Waals surface area contributed by atoms with Crippen LogP contribution in [0, 0.1) is 28.6 Å². The Kier molecular flexibility index (Phi) is 6.84. The summed E-state index contributed by atoms with van der Waals surface area (Å²) in [7, 11) is 1.57. The summed E-state index contributed by atoms with van der Waals surface area (Å²) in [5.74, 6) is -0.420. The Morgan fingerprint density at radius 3 is 2.54 bits per heavy atom. The van der Waals surface area contributed by atoms with E-state index in [4.69, 9.17) is 18.9 Å². The number of carbonyl (C=O) groups excluding carboxylic acids is 2. The summed E-state index contributed by atoms with van der Waals surface area (Å²) in [5, 5.41) is 34.8. The van der Waals surface area contributed by atoms with Crippen molar-refractivity contribution in [3.8, 4) is 0 Å². The Bertz CT molecular complexity index is 1030. The van der Waals surface area contributed by atoms with Crippen LogP contribution in [0.4, 0.5) is 0 Å². The van der Waals surface area contributed by atoms with Crippen molar-refractivity contribution >= 4 is 12.3 Å². The Balaban J connectivity index is 1.21. The molecule has 2 heterocycles. The predicted octanol–water partition coefficient (Wildman–Crippen LogP) is 2.43. The van der Waals surface area contributed by atoms with Gasteiger partial charge in [-0.05, 0) is 81.6 Å². The lowest BCUT2D eigenvalue weighted by Gasteiger charge is -2.65. The number of aliphatic hydroxyl groups is 3. The van der Waals surface area contributed by atoms with Crippen molar-refractivity contribution in [1.82, 2.24) is 0 Å². The van der Waals surface area contributed by atoms with Crippen LogP contribution in [-0.2, 0) is 28.5 Å². The maximum atomic E-state index is 13.0. The second kappa shape index (κ2) is 9.60. The third-order valence-corrected chi connectivity index (χ3v) is 12.1. The van der Waals surface area contributed by atoms with E-state index in [9.17, 15) is 24.9 Å². The molecule has 6 rings (SSSR count). The molecule has 0 aromatic rings. The molecule has 4 saturated carbocycles. The van der Waals surface area contributed by atoms with E-state index in [1.54, 1.807) is 20.1 Å². The summed E-state index contributed by atoms with van der Waals surface area (Å²) < 4.78 is 22.9. The van der Waals surface area contributed by atoms with Crippen molar-refractivity contribution in [3.05, 3.63) is 11.6 Å². The van der Waals surface area contributed by atoms with Crippen molar-refractivity contribution in [3.63, 3.8) is 0 Å². The van der Waals surface area contributed by atoms with E-state index < -0.39 is 40.5 Å². The number of hydrogen-bond donors (Lipinski definition) is 3.